The van der Waals surface area contributed by atoms with Crippen molar-refractivity contribution in [2.75, 3.05) is 13.6 Å². The van der Waals surface area contributed by atoms with Gasteiger partial charge in [-0.05, 0) is 20.0 Å². The first-order valence-corrected chi connectivity index (χ1v) is 6.82. The molecule has 0 bridgehead atoms. The first-order chi connectivity index (χ1) is 8.27. The number of nitrogens with one attached hydrogen (secondary N) is 2. The second kappa shape index (κ2) is 5.51. The summed E-state index contributed by atoms with van der Waals surface area (Å²) in [5.41, 5.74) is 0.212. The summed E-state index contributed by atoms with van der Waals surface area (Å²) < 4.78 is 26.7. The summed E-state index contributed by atoms with van der Waals surface area (Å²) in [6.07, 6.45) is 0.693. The standard InChI is InChI=1S/C10H17N3O4S/c1-7(14)5-12-10(15)9-4-8(6-13(9)3)18(16,17)11-2/h4,6-7,11,14H,5H2,1-3H3,(H,12,15)/t7-/m0/s1. The number of sulfonamides is 1. The minimum Gasteiger partial charge on any atom is -0.392 e. The van der Waals surface area contributed by atoms with Crippen LogP contribution in [0.4, 0.5) is 0 Å². The lowest BCUT2D eigenvalue weighted by molar-refractivity contribution is 0.0916. The zero-order chi connectivity index (χ0) is 13.9. The molecule has 1 atom stereocenters. The van der Waals surface area contributed by atoms with Crippen LogP contribution < -0.4 is 10.0 Å². The van der Waals surface area contributed by atoms with Crippen molar-refractivity contribution in [3.63, 3.8) is 0 Å². The number of nitrogens with zero attached hydrogens (tertiary/aromatic N) is 1. The van der Waals surface area contributed by atoms with Crippen LogP contribution in [0, 0.1) is 0 Å². The van der Waals surface area contributed by atoms with Crippen LogP contribution in [0.25, 0.3) is 0 Å². The van der Waals surface area contributed by atoms with Crippen molar-refractivity contribution in [3.8, 4) is 0 Å². The van der Waals surface area contributed by atoms with Crippen LogP contribution in [0.15, 0.2) is 17.2 Å². The molecule has 1 heterocycles. The number of aliphatic hydroxyl groups excluding tert-OH is 1. The van der Waals surface area contributed by atoms with E-state index in [0.29, 0.717) is 0 Å². The van der Waals surface area contributed by atoms with Gasteiger partial charge in [-0.2, -0.15) is 0 Å². The molecule has 1 amide bonds. The number of aliphatic hydroxyl groups is 1. The highest BCUT2D eigenvalue weighted by Crippen LogP contribution is 2.12. The van der Waals surface area contributed by atoms with Crippen LogP contribution in [0.3, 0.4) is 0 Å². The van der Waals surface area contributed by atoms with Crippen molar-refractivity contribution >= 4 is 15.9 Å². The van der Waals surface area contributed by atoms with E-state index in [1.165, 1.54) is 23.9 Å². The summed E-state index contributed by atoms with van der Waals surface area (Å²) >= 11 is 0. The number of aromatic nitrogens is 1. The van der Waals surface area contributed by atoms with Gasteiger partial charge in [0.1, 0.15) is 10.6 Å². The zero-order valence-electron chi connectivity index (χ0n) is 10.5. The van der Waals surface area contributed by atoms with Gasteiger partial charge in [-0.3, -0.25) is 4.79 Å². The normalized spacial score (nSPS) is 13.3. The molecule has 0 radical (unpaired) electrons. The minimum absolute atomic E-state index is 0.0229. The zero-order valence-corrected chi connectivity index (χ0v) is 11.3. The average molecular weight is 275 g/mol. The largest absolute Gasteiger partial charge is 0.392 e. The number of carbonyl (C=O) groups excluding carboxylic acids is 1. The Hall–Kier alpha value is -1.38. The van der Waals surface area contributed by atoms with Gasteiger partial charge in [-0.1, -0.05) is 0 Å². The topological polar surface area (TPSA) is 100 Å². The Morgan fingerprint density at radius 2 is 2.17 bits per heavy atom. The first kappa shape index (κ1) is 14.7. The summed E-state index contributed by atoms with van der Waals surface area (Å²) in [5.74, 6) is -0.434. The quantitative estimate of drug-likeness (QED) is 0.644. The summed E-state index contributed by atoms with van der Waals surface area (Å²) in [5, 5.41) is 11.6. The molecular weight excluding hydrogens is 258 g/mol. The molecule has 3 N–H and O–H groups in total. The van der Waals surface area contributed by atoms with Gasteiger partial charge in [0.15, 0.2) is 0 Å². The van der Waals surface area contributed by atoms with Gasteiger partial charge in [0.05, 0.1) is 6.10 Å². The smallest absolute Gasteiger partial charge is 0.268 e. The molecule has 0 aliphatic carbocycles. The Kier molecular flexibility index (Phi) is 4.49. The van der Waals surface area contributed by atoms with E-state index in [1.54, 1.807) is 14.0 Å². The van der Waals surface area contributed by atoms with Crippen LogP contribution in [0.5, 0.6) is 0 Å². The maximum Gasteiger partial charge on any atom is 0.268 e. The number of rotatable bonds is 5. The molecule has 18 heavy (non-hydrogen) atoms. The lowest BCUT2D eigenvalue weighted by Crippen LogP contribution is -2.31. The van der Waals surface area contributed by atoms with E-state index < -0.39 is 22.0 Å². The van der Waals surface area contributed by atoms with Crippen LogP contribution in [-0.4, -0.2) is 43.7 Å². The van der Waals surface area contributed by atoms with Crippen LogP contribution in [0.1, 0.15) is 17.4 Å². The van der Waals surface area contributed by atoms with Gasteiger partial charge in [0, 0.05) is 19.8 Å². The van der Waals surface area contributed by atoms with Gasteiger partial charge >= 0.3 is 0 Å². The van der Waals surface area contributed by atoms with Crippen LogP contribution >= 0.6 is 0 Å². The van der Waals surface area contributed by atoms with E-state index >= 15 is 0 Å². The van der Waals surface area contributed by atoms with Crippen molar-refractivity contribution < 1.29 is 18.3 Å². The van der Waals surface area contributed by atoms with Gasteiger partial charge in [0.25, 0.3) is 5.91 Å². The minimum atomic E-state index is -3.56. The Balaban J connectivity index is 2.95. The van der Waals surface area contributed by atoms with Gasteiger partial charge in [-0.25, -0.2) is 13.1 Å². The second-order valence-electron chi connectivity index (χ2n) is 3.94. The summed E-state index contributed by atoms with van der Waals surface area (Å²) in [4.78, 5) is 11.8. The van der Waals surface area contributed by atoms with E-state index in [0.717, 1.165) is 0 Å². The molecule has 1 aromatic rings. The van der Waals surface area contributed by atoms with E-state index in [-0.39, 0.29) is 17.1 Å². The molecule has 0 saturated heterocycles. The maximum atomic E-state index is 11.7. The molecule has 1 aromatic heterocycles. The van der Waals surface area contributed by atoms with E-state index in [4.69, 9.17) is 5.11 Å². The molecule has 0 saturated carbocycles. The van der Waals surface area contributed by atoms with Crippen molar-refractivity contribution in [1.29, 1.82) is 0 Å². The molecule has 0 spiro atoms. The van der Waals surface area contributed by atoms with Gasteiger partial charge < -0.3 is 15.0 Å². The first-order valence-electron chi connectivity index (χ1n) is 5.34. The summed E-state index contributed by atoms with van der Waals surface area (Å²) in [7, 11) is -0.688. The van der Waals surface area contributed by atoms with E-state index in [1.807, 2.05) is 0 Å². The van der Waals surface area contributed by atoms with Crippen molar-refractivity contribution in [3.05, 3.63) is 18.0 Å². The Bertz CT molecular complexity index is 533. The Labute approximate surface area is 106 Å². The Morgan fingerprint density at radius 1 is 1.56 bits per heavy atom. The fourth-order valence-corrected chi connectivity index (χ4v) is 2.16. The third-order valence-corrected chi connectivity index (χ3v) is 3.73. The molecule has 8 heteroatoms. The monoisotopic (exact) mass is 275 g/mol. The maximum absolute atomic E-state index is 11.7. The van der Waals surface area contributed by atoms with Crippen LogP contribution in [0.2, 0.25) is 0 Å². The van der Waals surface area contributed by atoms with Crippen LogP contribution in [-0.2, 0) is 17.1 Å². The molecule has 1 rings (SSSR count). The number of carbonyl (C=O) groups is 1. The molecular formula is C10H17N3O4S. The van der Waals surface area contributed by atoms with Crippen molar-refractivity contribution in [2.45, 2.75) is 17.9 Å². The summed E-state index contributed by atoms with van der Waals surface area (Å²) in [6, 6.07) is 1.28. The highest BCUT2D eigenvalue weighted by atomic mass is 32.2. The highest BCUT2D eigenvalue weighted by molar-refractivity contribution is 7.89. The van der Waals surface area contributed by atoms with E-state index in [9.17, 15) is 13.2 Å². The predicted molar refractivity (Wildman–Crippen MR) is 65.7 cm³/mol. The molecule has 0 aliphatic rings. The second-order valence-corrected chi connectivity index (χ2v) is 5.83. The lowest BCUT2D eigenvalue weighted by atomic mass is 10.3. The fourth-order valence-electron chi connectivity index (χ4n) is 1.36. The Morgan fingerprint density at radius 3 is 2.67 bits per heavy atom. The fraction of sp³-hybridized carbons (Fsp3) is 0.500. The average Bonchev–Trinajstić information content (AvgIpc) is 2.69. The molecule has 0 aromatic carbocycles. The number of aryl methyl sites for hydroxylation is 1. The third-order valence-electron chi connectivity index (χ3n) is 2.35. The van der Waals surface area contributed by atoms with Gasteiger partial charge in [0.2, 0.25) is 10.0 Å². The highest BCUT2D eigenvalue weighted by Gasteiger charge is 2.19. The molecule has 102 valence electrons. The van der Waals surface area contributed by atoms with E-state index in [2.05, 4.69) is 10.0 Å². The number of amides is 1. The SMILES string of the molecule is CNS(=O)(=O)c1cc(C(=O)NC[C@H](C)O)n(C)c1. The molecule has 0 fully saturated rings. The number of hydrogen-bond acceptors (Lipinski definition) is 4. The number of hydrogen-bond donors (Lipinski definition) is 3. The summed E-state index contributed by atoms with van der Waals surface area (Å²) in [6.45, 7) is 1.65. The van der Waals surface area contributed by atoms with Crippen molar-refractivity contribution in [2.24, 2.45) is 7.05 Å². The predicted octanol–water partition coefficient (Wildman–Crippen LogP) is -0.956. The molecule has 0 unspecified atom stereocenters. The van der Waals surface area contributed by atoms with Gasteiger partial charge in [-0.15, -0.1) is 0 Å². The lowest BCUT2D eigenvalue weighted by Gasteiger charge is -2.07. The van der Waals surface area contributed by atoms with Crippen molar-refractivity contribution in [1.82, 2.24) is 14.6 Å². The molecule has 7 nitrogen and oxygen atoms in total. The molecule has 0 aliphatic heterocycles. The third kappa shape index (κ3) is 3.31.